The molecule has 0 atom stereocenters. The average Bonchev–Trinajstić information content (AvgIpc) is 3.05. The fourth-order valence-electron chi connectivity index (χ4n) is 2.19. The Kier molecular flexibility index (Phi) is 3.81. The van der Waals surface area contributed by atoms with Crippen LogP contribution in [0, 0.1) is 6.92 Å². The summed E-state index contributed by atoms with van der Waals surface area (Å²) in [5.74, 6) is -0.405. The zero-order valence-corrected chi connectivity index (χ0v) is 13.5. The molecule has 2 aromatic rings. The summed E-state index contributed by atoms with van der Waals surface area (Å²) in [6, 6.07) is 11.7. The van der Waals surface area contributed by atoms with Crippen molar-refractivity contribution in [1.82, 2.24) is 0 Å². The Morgan fingerprint density at radius 1 is 1.23 bits per heavy atom. The highest BCUT2D eigenvalue weighted by Gasteiger charge is 2.27. The summed E-state index contributed by atoms with van der Waals surface area (Å²) < 4.78 is 0. The summed E-state index contributed by atoms with van der Waals surface area (Å²) in [5.41, 5.74) is 3.10. The lowest BCUT2D eigenvalue weighted by Crippen LogP contribution is -2.06. The first kappa shape index (κ1) is 14.5. The van der Waals surface area contributed by atoms with Gasteiger partial charge in [0.15, 0.2) is 0 Å². The number of thiophene rings is 1. The minimum atomic E-state index is -0.405. The number of nitrogens with zero attached hydrogens (tertiary/aromatic N) is 2. The summed E-state index contributed by atoms with van der Waals surface area (Å²) in [4.78, 5) is 20.0. The van der Waals surface area contributed by atoms with E-state index in [1.807, 2.05) is 57.4 Å². The lowest BCUT2D eigenvalue weighted by atomic mass is 10.0. The van der Waals surface area contributed by atoms with Gasteiger partial charge in [-0.15, -0.1) is 11.3 Å². The van der Waals surface area contributed by atoms with Gasteiger partial charge in [0.25, 0.3) is 0 Å². The van der Waals surface area contributed by atoms with Crippen LogP contribution in [0.5, 0.6) is 0 Å². The van der Waals surface area contributed by atoms with Crippen LogP contribution in [0.25, 0.3) is 6.08 Å². The van der Waals surface area contributed by atoms with Gasteiger partial charge in [0, 0.05) is 24.5 Å². The Morgan fingerprint density at radius 2 is 1.95 bits per heavy atom. The van der Waals surface area contributed by atoms with Gasteiger partial charge in [-0.2, -0.15) is 0 Å². The predicted octanol–water partition coefficient (Wildman–Crippen LogP) is 3.47. The summed E-state index contributed by atoms with van der Waals surface area (Å²) >= 11 is 1.64. The van der Waals surface area contributed by atoms with Crippen LogP contribution in [0.2, 0.25) is 0 Å². The first-order valence-electron chi connectivity index (χ1n) is 6.91. The lowest BCUT2D eigenvalue weighted by molar-refractivity contribution is -0.136. The zero-order chi connectivity index (χ0) is 15.7. The first-order valence-corrected chi connectivity index (χ1v) is 7.72. The molecule has 0 bridgehead atoms. The van der Waals surface area contributed by atoms with Gasteiger partial charge in [0.2, 0.25) is 0 Å². The molecular weight excluding hydrogens is 296 g/mol. The van der Waals surface area contributed by atoms with E-state index in [0.717, 1.165) is 21.0 Å². The van der Waals surface area contributed by atoms with Crippen LogP contribution in [-0.4, -0.2) is 25.8 Å². The van der Waals surface area contributed by atoms with Gasteiger partial charge >= 0.3 is 5.97 Å². The van der Waals surface area contributed by atoms with Gasteiger partial charge in [-0.3, -0.25) is 0 Å². The van der Waals surface area contributed by atoms with E-state index in [0.29, 0.717) is 11.3 Å². The van der Waals surface area contributed by atoms with Crippen LogP contribution in [0.3, 0.4) is 0 Å². The number of oxime groups is 1. The van der Waals surface area contributed by atoms with Crippen molar-refractivity contribution >= 4 is 34.1 Å². The molecule has 3 rings (SSSR count). The number of carbonyl (C=O) groups is 1. The molecule has 4 nitrogen and oxygen atoms in total. The molecule has 1 aromatic heterocycles. The van der Waals surface area contributed by atoms with Crippen molar-refractivity contribution in [3.8, 4) is 0 Å². The summed E-state index contributed by atoms with van der Waals surface area (Å²) in [7, 11) is 4.01. The molecule has 1 aliphatic heterocycles. The number of hydrogen-bond donors (Lipinski definition) is 0. The highest BCUT2D eigenvalue weighted by atomic mass is 32.1. The highest BCUT2D eigenvalue weighted by molar-refractivity contribution is 7.17. The molecule has 0 spiro atoms. The molecular formula is C17H16N2O2S. The van der Waals surface area contributed by atoms with Crippen LogP contribution in [0.4, 0.5) is 5.00 Å². The average molecular weight is 312 g/mol. The molecule has 0 saturated carbocycles. The van der Waals surface area contributed by atoms with Gasteiger partial charge in [0.05, 0.1) is 10.6 Å². The third-order valence-electron chi connectivity index (χ3n) is 3.40. The SMILES string of the molecule is Cc1cc(N(C)C)sc1C=C1C(=O)ON=C1c1ccccc1. The second-order valence-corrected chi connectivity index (χ2v) is 6.33. The maximum atomic E-state index is 12.0. The Balaban J connectivity index is 2.02. The zero-order valence-electron chi connectivity index (χ0n) is 12.7. The van der Waals surface area contributed by atoms with Crippen LogP contribution in [0.15, 0.2) is 47.1 Å². The van der Waals surface area contributed by atoms with Crippen molar-refractivity contribution in [3.63, 3.8) is 0 Å². The van der Waals surface area contributed by atoms with E-state index in [2.05, 4.69) is 16.1 Å². The molecule has 5 heteroatoms. The minimum absolute atomic E-state index is 0.405. The molecule has 1 aromatic carbocycles. The van der Waals surface area contributed by atoms with E-state index < -0.39 is 5.97 Å². The smallest absolute Gasteiger partial charge is 0.368 e. The third kappa shape index (κ3) is 2.67. The maximum absolute atomic E-state index is 12.0. The largest absolute Gasteiger partial charge is 0.370 e. The Bertz CT molecular complexity index is 773. The van der Waals surface area contributed by atoms with E-state index in [-0.39, 0.29) is 0 Å². The van der Waals surface area contributed by atoms with Crippen molar-refractivity contribution in [1.29, 1.82) is 0 Å². The van der Waals surface area contributed by atoms with Crippen LogP contribution in [0.1, 0.15) is 16.0 Å². The van der Waals surface area contributed by atoms with Gasteiger partial charge in [-0.05, 0) is 24.6 Å². The molecule has 22 heavy (non-hydrogen) atoms. The van der Waals surface area contributed by atoms with Gasteiger partial charge in [-0.25, -0.2) is 4.79 Å². The van der Waals surface area contributed by atoms with Crippen molar-refractivity contribution in [3.05, 3.63) is 58.0 Å². The van der Waals surface area contributed by atoms with E-state index in [4.69, 9.17) is 4.84 Å². The summed E-state index contributed by atoms with van der Waals surface area (Å²) in [6.07, 6.45) is 1.87. The van der Waals surface area contributed by atoms with Gasteiger partial charge < -0.3 is 9.74 Å². The number of anilines is 1. The predicted molar refractivity (Wildman–Crippen MR) is 90.4 cm³/mol. The van der Waals surface area contributed by atoms with Crippen LogP contribution >= 0.6 is 11.3 Å². The molecule has 0 saturated heterocycles. The standard InChI is InChI=1S/C17H16N2O2S/c1-11-9-15(19(2)3)22-14(11)10-13-16(18-21-17(13)20)12-7-5-4-6-8-12/h4-10H,1-3H3. The normalized spacial score (nSPS) is 15.9. The fraction of sp³-hybridized carbons (Fsp3) is 0.176. The second kappa shape index (κ2) is 5.77. The number of benzene rings is 1. The Labute approximate surface area is 133 Å². The number of carbonyl (C=O) groups excluding carboxylic acids is 1. The van der Waals surface area contributed by atoms with Crippen molar-refractivity contribution < 1.29 is 9.63 Å². The van der Waals surface area contributed by atoms with E-state index in [1.54, 1.807) is 11.3 Å². The van der Waals surface area contributed by atoms with Gasteiger partial charge in [-0.1, -0.05) is 35.5 Å². The van der Waals surface area contributed by atoms with Crippen molar-refractivity contribution in [2.24, 2.45) is 5.16 Å². The molecule has 0 fully saturated rings. The molecule has 1 aliphatic rings. The summed E-state index contributed by atoms with van der Waals surface area (Å²) in [6.45, 7) is 2.04. The number of rotatable bonds is 3. The highest BCUT2D eigenvalue weighted by Crippen LogP contribution is 2.31. The molecule has 0 radical (unpaired) electrons. The summed E-state index contributed by atoms with van der Waals surface area (Å²) in [5, 5.41) is 5.08. The molecule has 0 N–H and O–H groups in total. The first-order chi connectivity index (χ1) is 10.6. The lowest BCUT2D eigenvalue weighted by Gasteiger charge is -2.06. The quantitative estimate of drug-likeness (QED) is 0.644. The second-order valence-electron chi connectivity index (χ2n) is 5.27. The van der Waals surface area contributed by atoms with Crippen molar-refractivity contribution in [2.75, 3.05) is 19.0 Å². The third-order valence-corrected chi connectivity index (χ3v) is 4.75. The Hall–Kier alpha value is -2.40. The molecule has 0 aliphatic carbocycles. The maximum Gasteiger partial charge on any atom is 0.368 e. The minimum Gasteiger partial charge on any atom is -0.370 e. The molecule has 0 amide bonds. The molecule has 2 heterocycles. The Morgan fingerprint density at radius 3 is 2.59 bits per heavy atom. The van der Waals surface area contributed by atoms with Crippen LogP contribution < -0.4 is 4.90 Å². The van der Waals surface area contributed by atoms with Crippen LogP contribution in [-0.2, 0) is 9.63 Å². The van der Waals surface area contributed by atoms with Crippen molar-refractivity contribution in [2.45, 2.75) is 6.92 Å². The van der Waals surface area contributed by atoms with E-state index in [9.17, 15) is 4.79 Å². The number of hydrogen-bond acceptors (Lipinski definition) is 5. The van der Waals surface area contributed by atoms with E-state index >= 15 is 0 Å². The topological polar surface area (TPSA) is 41.9 Å². The van der Waals surface area contributed by atoms with E-state index in [1.165, 1.54) is 0 Å². The molecule has 112 valence electrons. The number of aryl methyl sites for hydroxylation is 1. The molecule has 0 unspecified atom stereocenters. The monoisotopic (exact) mass is 312 g/mol. The fourth-order valence-corrected chi connectivity index (χ4v) is 3.23. The van der Waals surface area contributed by atoms with Gasteiger partial charge in [0.1, 0.15) is 5.71 Å².